The number of amides is 1. The van der Waals surface area contributed by atoms with Gasteiger partial charge in [0.1, 0.15) is 5.01 Å². The molecule has 2 heterocycles. The Morgan fingerprint density at radius 3 is 2.67 bits per heavy atom. The Hall–Kier alpha value is -1.72. The number of aliphatic hydroxyl groups is 1. The van der Waals surface area contributed by atoms with E-state index in [1.165, 1.54) is 12.3 Å². The molecule has 1 fully saturated rings. The van der Waals surface area contributed by atoms with E-state index in [1.807, 2.05) is 0 Å². The molecule has 1 aromatic heterocycles. The normalized spacial score (nSPS) is 21.4. The number of alkyl halides is 3. The first-order valence-corrected chi connectivity index (χ1v) is 7.76. The maximum absolute atomic E-state index is 13.4. The summed E-state index contributed by atoms with van der Waals surface area (Å²) in [6.07, 6.45) is -6.48. The molecule has 0 saturated carbocycles. The number of carbonyl (C=O) groups excluding carboxylic acids is 1. The van der Waals surface area contributed by atoms with Crippen LogP contribution in [0.2, 0.25) is 0 Å². The predicted octanol–water partition coefficient (Wildman–Crippen LogP) is 0.904. The molecular formula is C13H15F3N2O5S. The van der Waals surface area contributed by atoms with Gasteiger partial charge in [0, 0.05) is 17.6 Å². The minimum atomic E-state index is -5.14. The molecule has 0 radical (unpaired) electrons. The van der Waals surface area contributed by atoms with E-state index in [1.54, 1.807) is 0 Å². The number of carboxylic acid groups (broad SMARTS) is 1. The van der Waals surface area contributed by atoms with Crippen LogP contribution in [0.1, 0.15) is 17.1 Å². The number of ether oxygens (including phenoxy) is 1. The van der Waals surface area contributed by atoms with Gasteiger partial charge in [-0.2, -0.15) is 13.2 Å². The number of rotatable bonds is 4. The molecule has 1 aromatic rings. The average molecular weight is 368 g/mol. The Morgan fingerprint density at radius 2 is 2.17 bits per heavy atom. The zero-order valence-corrected chi connectivity index (χ0v) is 13.4. The number of aromatic nitrogens is 1. The highest BCUT2D eigenvalue weighted by Crippen LogP contribution is 2.43. The zero-order chi connectivity index (χ0) is 18.1. The van der Waals surface area contributed by atoms with Crippen molar-refractivity contribution < 1.29 is 37.7 Å². The third kappa shape index (κ3) is 3.52. The number of morpholine rings is 1. The highest BCUT2D eigenvalue weighted by molar-refractivity contribution is 7.09. The second-order valence-electron chi connectivity index (χ2n) is 5.34. The van der Waals surface area contributed by atoms with Crippen LogP contribution in [0.25, 0.3) is 0 Å². The minimum Gasteiger partial charge on any atom is -0.480 e. The summed E-state index contributed by atoms with van der Waals surface area (Å²) >= 11 is 0.586. The SMILES string of the molecule is Cc1csc(C(O)(CC(=O)N2CCOCC2C(=O)O)C(F)(F)F)n1. The van der Waals surface area contributed by atoms with Crippen LogP contribution in [0.5, 0.6) is 0 Å². The standard InChI is InChI=1S/C13H15F3N2O5S/c1-7-6-24-11(17-7)12(22,13(14,15)16)4-9(19)18-2-3-23-5-8(18)10(20)21/h6,8,22H,2-5H2,1H3,(H,20,21). The van der Waals surface area contributed by atoms with Gasteiger partial charge in [-0.1, -0.05) is 0 Å². The number of nitrogens with zero attached hydrogens (tertiary/aromatic N) is 2. The lowest BCUT2D eigenvalue weighted by molar-refractivity contribution is -0.268. The highest BCUT2D eigenvalue weighted by atomic mass is 32.1. The fraction of sp³-hybridized carbons (Fsp3) is 0.615. The Morgan fingerprint density at radius 1 is 1.50 bits per heavy atom. The molecule has 11 heteroatoms. The van der Waals surface area contributed by atoms with Gasteiger partial charge in [-0.05, 0) is 6.92 Å². The Balaban J connectivity index is 2.29. The number of aryl methyl sites for hydroxylation is 1. The summed E-state index contributed by atoms with van der Waals surface area (Å²) in [6.45, 7) is 0.986. The maximum Gasteiger partial charge on any atom is 0.424 e. The van der Waals surface area contributed by atoms with Crippen LogP contribution in [0, 0.1) is 6.92 Å². The van der Waals surface area contributed by atoms with Crippen molar-refractivity contribution in [3.63, 3.8) is 0 Å². The highest BCUT2D eigenvalue weighted by Gasteiger charge is 2.58. The molecule has 2 N–H and O–H groups in total. The van der Waals surface area contributed by atoms with Crippen molar-refractivity contribution in [2.24, 2.45) is 0 Å². The number of aliphatic carboxylic acids is 1. The molecule has 134 valence electrons. The fourth-order valence-corrected chi connectivity index (χ4v) is 3.18. The number of carbonyl (C=O) groups is 2. The van der Waals surface area contributed by atoms with E-state index in [4.69, 9.17) is 9.84 Å². The number of halogens is 3. The summed E-state index contributed by atoms with van der Waals surface area (Å²) < 4.78 is 45.1. The van der Waals surface area contributed by atoms with Gasteiger partial charge in [0.05, 0.1) is 19.6 Å². The smallest absolute Gasteiger partial charge is 0.424 e. The molecular weight excluding hydrogens is 353 g/mol. The van der Waals surface area contributed by atoms with Crippen molar-refractivity contribution in [2.45, 2.75) is 31.2 Å². The lowest BCUT2D eigenvalue weighted by atomic mass is 9.98. The number of carboxylic acids is 1. The summed E-state index contributed by atoms with van der Waals surface area (Å²) in [5, 5.41) is 19.9. The Bertz CT molecular complexity index is 635. The summed E-state index contributed by atoms with van der Waals surface area (Å²) in [4.78, 5) is 27.8. The minimum absolute atomic E-state index is 0.0102. The maximum atomic E-state index is 13.4. The average Bonchev–Trinajstić information content (AvgIpc) is 2.93. The first kappa shape index (κ1) is 18.6. The van der Waals surface area contributed by atoms with Crippen molar-refractivity contribution in [1.82, 2.24) is 9.88 Å². The Kier molecular flexibility index (Phi) is 5.16. The van der Waals surface area contributed by atoms with Crippen LogP contribution in [0.4, 0.5) is 13.2 Å². The van der Waals surface area contributed by atoms with Gasteiger partial charge in [-0.25, -0.2) is 9.78 Å². The summed E-state index contributed by atoms with van der Waals surface area (Å²) in [7, 11) is 0. The lowest BCUT2D eigenvalue weighted by Crippen LogP contribution is -2.55. The molecule has 2 unspecified atom stereocenters. The number of thiazole rings is 1. The Labute approximate surface area is 138 Å². The molecule has 0 spiro atoms. The van der Waals surface area contributed by atoms with Gasteiger partial charge in [0.2, 0.25) is 11.5 Å². The van der Waals surface area contributed by atoms with Crippen LogP contribution >= 0.6 is 11.3 Å². The lowest BCUT2D eigenvalue weighted by Gasteiger charge is -2.35. The zero-order valence-electron chi connectivity index (χ0n) is 12.5. The van der Waals surface area contributed by atoms with Crippen molar-refractivity contribution in [3.8, 4) is 0 Å². The summed E-state index contributed by atoms with van der Waals surface area (Å²) in [5.41, 5.74) is -3.19. The van der Waals surface area contributed by atoms with Gasteiger partial charge < -0.3 is 19.8 Å². The third-order valence-electron chi connectivity index (χ3n) is 3.58. The van der Waals surface area contributed by atoms with Gasteiger partial charge in [-0.15, -0.1) is 11.3 Å². The summed E-state index contributed by atoms with van der Waals surface area (Å²) in [6, 6.07) is -1.39. The molecule has 1 aliphatic heterocycles. The van der Waals surface area contributed by atoms with Crippen LogP contribution in [0.15, 0.2) is 5.38 Å². The van der Waals surface area contributed by atoms with Crippen molar-refractivity contribution in [3.05, 3.63) is 16.1 Å². The fourth-order valence-electron chi connectivity index (χ4n) is 2.27. The van der Waals surface area contributed by atoms with E-state index in [2.05, 4.69) is 4.98 Å². The third-order valence-corrected chi connectivity index (χ3v) is 4.69. The number of hydrogen-bond donors (Lipinski definition) is 2. The molecule has 0 bridgehead atoms. The molecule has 1 aliphatic rings. The topological polar surface area (TPSA) is 100.0 Å². The molecule has 1 saturated heterocycles. The monoisotopic (exact) mass is 368 g/mol. The predicted molar refractivity (Wildman–Crippen MR) is 75.4 cm³/mol. The molecule has 0 aromatic carbocycles. The summed E-state index contributed by atoms with van der Waals surface area (Å²) in [5.74, 6) is -2.51. The van der Waals surface area contributed by atoms with E-state index in [-0.39, 0.29) is 25.5 Å². The van der Waals surface area contributed by atoms with Crippen molar-refractivity contribution >= 4 is 23.2 Å². The van der Waals surface area contributed by atoms with Gasteiger partial charge >= 0.3 is 12.1 Å². The van der Waals surface area contributed by atoms with E-state index in [0.717, 1.165) is 4.90 Å². The first-order chi connectivity index (χ1) is 11.1. The van der Waals surface area contributed by atoms with E-state index in [9.17, 15) is 27.9 Å². The van der Waals surface area contributed by atoms with Crippen molar-refractivity contribution in [2.75, 3.05) is 19.8 Å². The second-order valence-corrected chi connectivity index (χ2v) is 6.20. The van der Waals surface area contributed by atoms with Crippen molar-refractivity contribution in [1.29, 1.82) is 0 Å². The van der Waals surface area contributed by atoms with E-state index >= 15 is 0 Å². The van der Waals surface area contributed by atoms with E-state index in [0.29, 0.717) is 11.3 Å². The largest absolute Gasteiger partial charge is 0.480 e. The van der Waals surface area contributed by atoms with Crippen LogP contribution in [-0.2, 0) is 19.9 Å². The van der Waals surface area contributed by atoms with Gasteiger partial charge in [0.25, 0.3) is 0 Å². The molecule has 2 atom stereocenters. The molecule has 24 heavy (non-hydrogen) atoms. The van der Waals surface area contributed by atoms with E-state index < -0.39 is 41.1 Å². The van der Waals surface area contributed by atoms with Gasteiger partial charge in [0.15, 0.2) is 6.04 Å². The first-order valence-electron chi connectivity index (χ1n) is 6.88. The van der Waals surface area contributed by atoms with Crippen LogP contribution in [0.3, 0.4) is 0 Å². The molecule has 0 aliphatic carbocycles. The molecule has 1 amide bonds. The molecule has 7 nitrogen and oxygen atoms in total. The quantitative estimate of drug-likeness (QED) is 0.819. The van der Waals surface area contributed by atoms with Crippen LogP contribution < -0.4 is 0 Å². The van der Waals surface area contributed by atoms with Gasteiger partial charge in [-0.3, -0.25) is 4.79 Å². The molecule has 2 rings (SSSR count). The number of hydrogen-bond acceptors (Lipinski definition) is 6. The van der Waals surface area contributed by atoms with Crippen LogP contribution in [-0.4, -0.2) is 64.0 Å². The second kappa shape index (κ2) is 6.65.